The molecule has 2 aliphatic rings. The van der Waals surface area contributed by atoms with E-state index in [1.165, 1.54) is 6.92 Å². The molecule has 0 bridgehead atoms. The van der Waals surface area contributed by atoms with Crippen molar-refractivity contribution in [1.82, 2.24) is 5.32 Å². The van der Waals surface area contributed by atoms with Gasteiger partial charge in [-0.3, -0.25) is 9.59 Å². The van der Waals surface area contributed by atoms with E-state index in [4.69, 9.17) is 4.74 Å². The van der Waals surface area contributed by atoms with Crippen molar-refractivity contribution in [3.63, 3.8) is 0 Å². The number of Topliss-reactive ketones (excluding diaryl/α,β-unsaturated/α-hetero) is 1. The molecule has 0 saturated heterocycles. The zero-order valence-corrected chi connectivity index (χ0v) is 17.4. The molecule has 3 unspecified atom stereocenters. The topological polar surface area (TPSA) is 157 Å². The molecule has 2 aromatic carbocycles. The van der Waals surface area contributed by atoms with Crippen molar-refractivity contribution in [2.75, 3.05) is 7.11 Å². The number of ether oxygens (including phenoxy) is 1. The third kappa shape index (κ3) is 3.31. The number of phenolic OH excluding ortho intramolecular Hbond substituents is 2. The van der Waals surface area contributed by atoms with Crippen LogP contribution >= 0.6 is 0 Å². The van der Waals surface area contributed by atoms with E-state index in [2.05, 4.69) is 5.32 Å². The standard InChI is InChI=1S/C23H23NO8/c1-23(31)8-12-15(21(29)22(23)30)20(28)16-14(25)7-13(19(27)17(16)18(12)26)24-9-10-3-5-11(32-2)6-4-10/h3-7,21-22,24,26,28-31H,8-9H2,1-2H3. The fourth-order valence-corrected chi connectivity index (χ4v) is 4.19. The molecule has 0 aliphatic heterocycles. The molecule has 4 rings (SSSR count). The largest absolute Gasteiger partial charge is 0.507 e. The van der Waals surface area contributed by atoms with E-state index in [1.807, 2.05) is 0 Å². The maximum absolute atomic E-state index is 13.1. The Bertz CT molecular complexity index is 1150. The van der Waals surface area contributed by atoms with Crippen LogP contribution in [-0.2, 0) is 13.0 Å². The number of benzene rings is 2. The third-order valence-electron chi connectivity index (χ3n) is 5.99. The number of ketones is 2. The number of carbonyl (C=O) groups is 2. The van der Waals surface area contributed by atoms with E-state index in [0.717, 1.165) is 11.6 Å². The Morgan fingerprint density at radius 3 is 2.38 bits per heavy atom. The van der Waals surface area contributed by atoms with Crippen LogP contribution in [0.1, 0.15) is 50.4 Å². The first-order valence-electron chi connectivity index (χ1n) is 9.93. The lowest BCUT2D eigenvalue weighted by molar-refractivity contribution is -0.126. The molecule has 0 saturated carbocycles. The molecular formula is C23H23NO8. The van der Waals surface area contributed by atoms with Crippen LogP contribution in [0.5, 0.6) is 17.2 Å². The summed E-state index contributed by atoms with van der Waals surface area (Å²) in [7, 11) is 1.54. The zero-order chi connectivity index (χ0) is 23.4. The first-order chi connectivity index (χ1) is 15.1. The summed E-state index contributed by atoms with van der Waals surface area (Å²) in [6.07, 6.45) is -2.74. The lowest BCUT2D eigenvalue weighted by Crippen LogP contribution is -2.48. The highest BCUT2D eigenvalue weighted by molar-refractivity contribution is 6.26. The Morgan fingerprint density at radius 2 is 1.75 bits per heavy atom. The first-order valence-corrected chi connectivity index (χ1v) is 9.93. The molecule has 6 N–H and O–H groups in total. The maximum Gasteiger partial charge on any atom is 0.213 e. The maximum atomic E-state index is 13.1. The van der Waals surface area contributed by atoms with E-state index >= 15 is 0 Å². The van der Waals surface area contributed by atoms with Crippen molar-refractivity contribution in [2.45, 2.75) is 37.7 Å². The Morgan fingerprint density at radius 1 is 1.09 bits per heavy atom. The van der Waals surface area contributed by atoms with Crippen LogP contribution in [0.4, 0.5) is 0 Å². The number of methoxy groups -OCH3 is 1. The highest BCUT2D eigenvalue weighted by Crippen LogP contribution is 2.49. The van der Waals surface area contributed by atoms with Gasteiger partial charge in [-0.1, -0.05) is 12.1 Å². The lowest BCUT2D eigenvalue weighted by atomic mass is 9.73. The molecule has 2 aromatic rings. The molecule has 0 fully saturated rings. The van der Waals surface area contributed by atoms with Crippen molar-refractivity contribution in [2.24, 2.45) is 0 Å². The van der Waals surface area contributed by atoms with Gasteiger partial charge in [0.1, 0.15) is 29.5 Å². The van der Waals surface area contributed by atoms with Gasteiger partial charge in [-0.2, -0.15) is 0 Å². The van der Waals surface area contributed by atoms with E-state index in [1.54, 1.807) is 31.4 Å². The zero-order valence-electron chi connectivity index (χ0n) is 17.4. The molecule has 0 heterocycles. The van der Waals surface area contributed by atoms with Gasteiger partial charge >= 0.3 is 0 Å². The predicted octanol–water partition coefficient (Wildman–Crippen LogP) is 0.860. The minimum Gasteiger partial charge on any atom is -0.507 e. The number of hydrogen-bond acceptors (Lipinski definition) is 9. The highest BCUT2D eigenvalue weighted by Gasteiger charge is 2.47. The normalized spacial score (nSPS) is 24.5. The van der Waals surface area contributed by atoms with Gasteiger partial charge in [-0.25, -0.2) is 0 Å². The van der Waals surface area contributed by atoms with Crippen LogP contribution in [0.3, 0.4) is 0 Å². The van der Waals surface area contributed by atoms with Crippen LogP contribution in [0.25, 0.3) is 0 Å². The van der Waals surface area contributed by atoms with Crippen molar-refractivity contribution in [3.8, 4) is 17.2 Å². The minimum atomic E-state index is -1.82. The summed E-state index contributed by atoms with van der Waals surface area (Å²) in [5.74, 6) is -2.11. The number of fused-ring (bicyclic) bond motifs is 2. The lowest BCUT2D eigenvalue weighted by Gasteiger charge is -2.39. The number of rotatable bonds is 4. The van der Waals surface area contributed by atoms with Crippen LogP contribution in [0.2, 0.25) is 0 Å². The van der Waals surface area contributed by atoms with Gasteiger partial charge in [-0.15, -0.1) is 0 Å². The number of phenols is 2. The molecule has 9 nitrogen and oxygen atoms in total. The second kappa shape index (κ2) is 7.63. The second-order valence-electron chi connectivity index (χ2n) is 8.22. The predicted molar refractivity (Wildman–Crippen MR) is 112 cm³/mol. The number of allylic oxidation sites excluding steroid dienone is 2. The quantitative estimate of drug-likeness (QED) is 0.379. The summed E-state index contributed by atoms with van der Waals surface area (Å²) in [4.78, 5) is 25.9. The van der Waals surface area contributed by atoms with E-state index in [9.17, 15) is 35.1 Å². The number of hydrogen-bond donors (Lipinski definition) is 6. The van der Waals surface area contributed by atoms with Crippen molar-refractivity contribution in [1.29, 1.82) is 0 Å². The second-order valence-corrected chi connectivity index (χ2v) is 8.22. The number of aliphatic hydroxyl groups excluding tert-OH is 2. The summed E-state index contributed by atoms with van der Waals surface area (Å²) in [6.45, 7) is 1.47. The molecule has 0 aromatic heterocycles. The average Bonchev–Trinajstić information content (AvgIpc) is 2.76. The van der Waals surface area contributed by atoms with Gasteiger partial charge in [-0.05, 0) is 24.6 Å². The van der Waals surface area contributed by atoms with Crippen LogP contribution in [-0.4, -0.2) is 55.9 Å². The van der Waals surface area contributed by atoms with Crippen LogP contribution in [0, 0.1) is 0 Å². The highest BCUT2D eigenvalue weighted by atomic mass is 16.5. The molecule has 3 atom stereocenters. The summed E-state index contributed by atoms with van der Waals surface area (Å²) >= 11 is 0. The first kappa shape index (κ1) is 21.8. The summed E-state index contributed by atoms with van der Waals surface area (Å²) in [6, 6.07) is 7.06. The smallest absolute Gasteiger partial charge is 0.213 e. The Kier molecular flexibility index (Phi) is 5.20. The van der Waals surface area contributed by atoms with Crippen molar-refractivity contribution in [3.05, 3.63) is 63.9 Å². The molecule has 2 aliphatic carbocycles. The van der Waals surface area contributed by atoms with E-state index in [0.29, 0.717) is 5.75 Å². The van der Waals surface area contributed by atoms with Crippen LogP contribution in [0.15, 0.2) is 36.0 Å². The van der Waals surface area contributed by atoms with E-state index in [-0.39, 0.29) is 29.8 Å². The Hall–Kier alpha value is -3.40. The average molecular weight is 441 g/mol. The summed E-state index contributed by atoms with van der Waals surface area (Å²) in [5, 5.41) is 55.4. The number of carbonyl (C=O) groups excluding carboxylic acids is 2. The van der Waals surface area contributed by atoms with Gasteiger partial charge in [0.2, 0.25) is 5.78 Å². The van der Waals surface area contributed by atoms with Gasteiger partial charge in [0.15, 0.2) is 5.78 Å². The fraction of sp³-hybridized carbons (Fsp3) is 0.304. The number of nitrogens with one attached hydrogen (secondary N) is 1. The molecule has 0 radical (unpaired) electrons. The molecular weight excluding hydrogens is 418 g/mol. The van der Waals surface area contributed by atoms with Gasteiger partial charge in [0, 0.05) is 30.2 Å². The third-order valence-corrected chi connectivity index (χ3v) is 5.99. The van der Waals surface area contributed by atoms with Gasteiger partial charge in [0.25, 0.3) is 0 Å². The van der Waals surface area contributed by atoms with Crippen molar-refractivity contribution < 1.29 is 39.9 Å². The Balaban J connectivity index is 1.72. The summed E-state index contributed by atoms with van der Waals surface area (Å²) in [5.41, 5.74) is -2.32. The molecule has 0 spiro atoms. The van der Waals surface area contributed by atoms with Crippen molar-refractivity contribution >= 4 is 11.6 Å². The molecule has 0 amide bonds. The van der Waals surface area contributed by atoms with E-state index < -0.39 is 52.0 Å². The SMILES string of the molecule is COc1ccc(CNC2=CC(=O)c3c(O)c4c(c(O)c3C2=O)CC(C)(O)C(O)C4O)cc1. The number of aromatic hydroxyl groups is 2. The fourth-order valence-electron chi connectivity index (χ4n) is 4.19. The van der Waals surface area contributed by atoms with Crippen LogP contribution < -0.4 is 10.1 Å². The van der Waals surface area contributed by atoms with Gasteiger partial charge in [0.05, 0.1) is 29.5 Å². The van der Waals surface area contributed by atoms with Gasteiger partial charge < -0.3 is 35.6 Å². The minimum absolute atomic E-state index is 0.0730. The molecule has 9 heteroatoms. The molecule has 168 valence electrons. The molecule has 32 heavy (non-hydrogen) atoms. The monoisotopic (exact) mass is 441 g/mol. The summed E-state index contributed by atoms with van der Waals surface area (Å²) < 4.78 is 5.10. The Labute approximate surface area is 183 Å². The number of aliphatic hydroxyl groups is 3.